The zero-order valence-electron chi connectivity index (χ0n) is 39.8. The van der Waals surface area contributed by atoms with E-state index in [1.54, 1.807) is 44.2 Å². The molecule has 0 unspecified atom stereocenters. The second kappa shape index (κ2) is 21.5. The zero-order valence-corrected chi connectivity index (χ0v) is 41.3. The number of carbonyl (C=O) groups excluding carboxylic acids is 4. The minimum Gasteiger partial charge on any atom is -0.494 e. The van der Waals surface area contributed by atoms with Crippen LogP contribution in [0.4, 0.5) is 15.8 Å². The van der Waals surface area contributed by atoms with E-state index in [-0.39, 0.29) is 60.0 Å². The maximum Gasteiger partial charge on any atom is 0.259 e. The van der Waals surface area contributed by atoms with Crippen molar-refractivity contribution in [3.8, 4) is 34.3 Å². The molecule has 2 aliphatic rings. The van der Waals surface area contributed by atoms with E-state index in [2.05, 4.69) is 15.6 Å². The molecule has 4 amide bonds. The normalized spacial score (nSPS) is 17.1. The van der Waals surface area contributed by atoms with Crippen molar-refractivity contribution in [1.82, 2.24) is 20.5 Å². The monoisotopic (exact) mass is 991 g/mol. The van der Waals surface area contributed by atoms with Gasteiger partial charge in [-0.25, -0.2) is 9.37 Å². The molecular formula is C52H55ClFN7O8S. The molecule has 0 spiro atoms. The van der Waals surface area contributed by atoms with Crippen LogP contribution in [0.3, 0.4) is 0 Å². The van der Waals surface area contributed by atoms with Crippen molar-refractivity contribution < 1.29 is 42.6 Å². The zero-order chi connectivity index (χ0) is 50.5. The van der Waals surface area contributed by atoms with E-state index in [1.165, 1.54) is 39.3 Å². The number of nitrogens with one attached hydrogen (secondary N) is 2. The Balaban J connectivity index is 0.843. The van der Waals surface area contributed by atoms with Crippen LogP contribution in [0.15, 0.2) is 95.7 Å². The number of aliphatic hydroxyl groups excluding tert-OH is 1. The van der Waals surface area contributed by atoms with E-state index in [0.29, 0.717) is 42.2 Å². The van der Waals surface area contributed by atoms with Gasteiger partial charge < -0.3 is 39.4 Å². The quantitative estimate of drug-likeness (QED) is 0.0605. The van der Waals surface area contributed by atoms with Crippen molar-refractivity contribution in [2.24, 2.45) is 5.41 Å². The molecule has 5 aromatic rings. The van der Waals surface area contributed by atoms with Crippen LogP contribution in [0.5, 0.6) is 5.75 Å². The third-order valence-electron chi connectivity index (χ3n) is 12.3. The highest BCUT2D eigenvalue weighted by Crippen LogP contribution is 2.40. The third-order valence-corrected chi connectivity index (χ3v) is 12.9. The maximum atomic E-state index is 15.9. The van der Waals surface area contributed by atoms with Crippen LogP contribution in [-0.4, -0.2) is 93.8 Å². The summed E-state index contributed by atoms with van der Waals surface area (Å²) in [5.74, 6) is -1.02. The van der Waals surface area contributed by atoms with Crippen LogP contribution in [0, 0.1) is 29.5 Å². The summed E-state index contributed by atoms with van der Waals surface area (Å²) in [5, 5.41) is 25.8. The molecule has 4 aromatic carbocycles. The number of rotatable bonds is 17. The summed E-state index contributed by atoms with van der Waals surface area (Å²) >= 11 is 12.0. The lowest BCUT2D eigenvalue weighted by Crippen LogP contribution is -2.58. The Morgan fingerprint density at radius 3 is 2.34 bits per heavy atom. The number of carbonyl (C=O) groups is 4. The van der Waals surface area contributed by atoms with Crippen LogP contribution in [0.2, 0.25) is 5.02 Å². The second-order valence-electron chi connectivity index (χ2n) is 18.8. The van der Waals surface area contributed by atoms with Crippen LogP contribution in [-0.2, 0) is 30.5 Å². The van der Waals surface area contributed by atoms with E-state index in [9.17, 15) is 29.5 Å². The highest BCUT2D eigenvalue weighted by atomic mass is 35.5. The molecule has 2 aliphatic heterocycles. The molecule has 0 aliphatic carbocycles. The smallest absolute Gasteiger partial charge is 0.259 e. The molecule has 3 atom stereocenters. The molecule has 366 valence electrons. The summed E-state index contributed by atoms with van der Waals surface area (Å²) in [6.07, 6.45) is 1.78. The number of benzene rings is 4. The molecule has 0 radical (unpaired) electrons. The van der Waals surface area contributed by atoms with Gasteiger partial charge in [-0.2, -0.15) is 5.26 Å². The van der Waals surface area contributed by atoms with Gasteiger partial charge in [0, 0.05) is 31.7 Å². The number of unbranched alkanes of at least 4 members (excludes halogenated alkanes) is 1. The number of oxazole rings is 1. The number of hydrogen-bond acceptors (Lipinski definition) is 11. The Hall–Kier alpha value is -6.71. The van der Waals surface area contributed by atoms with Gasteiger partial charge in [-0.05, 0) is 110 Å². The molecular weight excluding hydrogens is 937 g/mol. The second-order valence-corrected chi connectivity index (χ2v) is 19.6. The van der Waals surface area contributed by atoms with Gasteiger partial charge in [0.2, 0.25) is 17.7 Å². The van der Waals surface area contributed by atoms with Gasteiger partial charge in [-0.1, -0.05) is 74.8 Å². The lowest BCUT2D eigenvalue weighted by Gasteiger charge is -2.35. The lowest BCUT2D eigenvalue weighted by molar-refractivity contribution is -0.144. The molecule has 3 heterocycles. The predicted molar refractivity (Wildman–Crippen MR) is 266 cm³/mol. The fourth-order valence-electron chi connectivity index (χ4n) is 8.42. The van der Waals surface area contributed by atoms with Gasteiger partial charge in [0.25, 0.3) is 5.91 Å². The van der Waals surface area contributed by atoms with Gasteiger partial charge in [0.15, 0.2) is 17.3 Å². The number of aryl methyl sites for hydroxylation is 1. The van der Waals surface area contributed by atoms with E-state index in [4.69, 9.17) is 37.7 Å². The topological polar surface area (TPSA) is 191 Å². The van der Waals surface area contributed by atoms with Crippen molar-refractivity contribution in [2.45, 2.75) is 91.1 Å². The number of nitriles is 1. The van der Waals surface area contributed by atoms with Crippen LogP contribution in [0.25, 0.3) is 22.5 Å². The van der Waals surface area contributed by atoms with Crippen LogP contribution >= 0.6 is 23.8 Å². The minimum absolute atomic E-state index is 0.0415. The van der Waals surface area contributed by atoms with E-state index in [0.717, 1.165) is 22.4 Å². The number of likely N-dealkylation sites (tertiary alicyclic amines) is 1. The molecule has 15 nitrogen and oxygen atoms in total. The molecule has 2 fully saturated rings. The summed E-state index contributed by atoms with van der Waals surface area (Å²) in [4.78, 5) is 62.3. The molecule has 0 bridgehead atoms. The summed E-state index contributed by atoms with van der Waals surface area (Å²) in [6.45, 7) is 11.2. The number of β-amino-alcohol motifs (C(OH)–C–C–N with tert-alkyl or cyclic N) is 1. The van der Waals surface area contributed by atoms with Crippen LogP contribution in [0.1, 0.15) is 70.7 Å². The number of amides is 4. The molecule has 7 rings (SSSR count). The Morgan fingerprint density at radius 1 is 1.01 bits per heavy atom. The molecule has 1 aromatic heterocycles. The highest BCUT2D eigenvalue weighted by Gasteiger charge is 2.51. The number of ether oxygens (including phenoxy) is 2. The Kier molecular flexibility index (Phi) is 15.7. The van der Waals surface area contributed by atoms with Crippen molar-refractivity contribution in [3.05, 3.63) is 119 Å². The Bertz CT molecular complexity index is 2810. The first kappa shape index (κ1) is 51.1. The first-order chi connectivity index (χ1) is 33.3. The van der Waals surface area contributed by atoms with Gasteiger partial charge in [0.05, 0.1) is 40.4 Å². The van der Waals surface area contributed by atoms with Gasteiger partial charge in [-0.3, -0.25) is 24.1 Å². The number of aromatic nitrogens is 1. The van der Waals surface area contributed by atoms with E-state index >= 15 is 4.39 Å². The lowest BCUT2D eigenvalue weighted by atomic mass is 9.85. The Morgan fingerprint density at radius 2 is 1.70 bits per heavy atom. The van der Waals surface area contributed by atoms with Crippen molar-refractivity contribution in [3.63, 3.8) is 0 Å². The predicted octanol–water partition coefficient (Wildman–Crippen LogP) is 7.88. The standard InChI is InChI=1S/C52H55ClFN7O8S/c1-31-45(69-30-57-31)34-11-9-32(10-12-34)27-56-47(64)43-25-38(62)28-59(43)48(65)46(51(2,3)4)58-44(63)29-67-21-7-8-22-68-39-18-14-33(15-19-39)35-16-20-42(41(54)23-35)61-50(70)60(49(66)52(61,5)6)37-17-13-36(26-55)40(53)24-37/h9-20,23-24,30,38,43,46,62H,7-8,21-22,25,27-29H2,1-6H3,(H,56,64)(H,58,63)/t38-,43+,46-/m1/s1. The number of anilines is 2. The van der Waals surface area contributed by atoms with E-state index < -0.39 is 52.7 Å². The maximum absolute atomic E-state index is 15.9. The first-order valence-electron chi connectivity index (χ1n) is 22.8. The summed E-state index contributed by atoms with van der Waals surface area (Å²) in [5.41, 5.74) is 2.62. The average Bonchev–Trinajstić information content (AvgIpc) is 3.99. The largest absolute Gasteiger partial charge is 0.494 e. The SMILES string of the molecule is Cc1ncoc1-c1ccc(CNC(=O)[C@@H]2C[C@@H](O)CN2C(=O)[C@@H](NC(=O)COCCCCOc2ccc(-c3ccc(N4C(=S)N(c5ccc(C#N)c(Cl)c5)C(=O)C4(C)C)c(F)c3)cc2)C(C)(C)C)cc1. The Labute approximate surface area is 416 Å². The van der Waals surface area contributed by atoms with Gasteiger partial charge in [-0.15, -0.1) is 0 Å². The number of aliphatic hydroxyl groups is 1. The third kappa shape index (κ3) is 11.3. The van der Waals surface area contributed by atoms with E-state index in [1.807, 2.05) is 70.2 Å². The van der Waals surface area contributed by atoms with Crippen molar-refractivity contribution in [2.75, 3.05) is 36.2 Å². The first-order valence-corrected chi connectivity index (χ1v) is 23.6. The number of thiocarbonyl (C=S) groups is 1. The number of halogens is 2. The summed E-state index contributed by atoms with van der Waals surface area (Å²) < 4.78 is 32.9. The van der Waals surface area contributed by atoms with Crippen LogP contribution < -0.4 is 25.2 Å². The fourth-order valence-corrected chi connectivity index (χ4v) is 9.15. The molecule has 70 heavy (non-hydrogen) atoms. The molecule has 3 N–H and O–H groups in total. The van der Waals surface area contributed by atoms with Gasteiger partial charge in [0.1, 0.15) is 41.9 Å². The molecule has 0 saturated carbocycles. The highest BCUT2D eigenvalue weighted by molar-refractivity contribution is 7.81. The molecule has 18 heteroatoms. The van der Waals surface area contributed by atoms with Crippen molar-refractivity contribution in [1.29, 1.82) is 5.26 Å². The minimum atomic E-state index is -1.22. The average molecular weight is 993 g/mol. The number of nitrogens with zero attached hydrogens (tertiary/aromatic N) is 5. The molecule has 2 saturated heterocycles. The summed E-state index contributed by atoms with van der Waals surface area (Å²) in [6, 6.07) is 24.1. The fraction of sp³-hybridized carbons (Fsp3) is 0.365. The number of hydrogen-bond donors (Lipinski definition) is 3. The van der Waals surface area contributed by atoms with Gasteiger partial charge >= 0.3 is 0 Å². The summed E-state index contributed by atoms with van der Waals surface area (Å²) in [7, 11) is 0. The van der Waals surface area contributed by atoms with Crippen molar-refractivity contribution >= 4 is 63.9 Å².